The Labute approximate surface area is 125 Å². The first kappa shape index (κ1) is 18.8. The van der Waals surface area contributed by atoms with E-state index in [2.05, 4.69) is 10.6 Å². The van der Waals surface area contributed by atoms with E-state index in [9.17, 15) is 9.59 Å². The summed E-state index contributed by atoms with van der Waals surface area (Å²) in [5.74, 6) is -0.566. The molecule has 0 aromatic rings. The van der Waals surface area contributed by atoms with Crippen molar-refractivity contribution in [1.29, 1.82) is 0 Å². The molecule has 0 saturated heterocycles. The van der Waals surface area contributed by atoms with Crippen molar-refractivity contribution in [2.24, 2.45) is 11.1 Å². The van der Waals surface area contributed by atoms with Crippen LogP contribution in [0.15, 0.2) is 0 Å². The number of carbonyl (C=O) groups excluding carboxylic acids is 2. The predicted octanol–water partition coefficient (Wildman–Crippen LogP) is 0.346. The van der Waals surface area contributed by atoms with Gasteiger partial charge in [0.1, 0.15) is 6.04 Å². The van der Waals surface area contributed by atoms with Crippen LogP contribution in [0.2, 0.25) is 0 Å². The monoisotopic (exact) mass is 303 g/mol. The molecule has 0 fully saturated rings. The molecule has 0 spiro atoms. The summed E-state index contributed by atoms with van der Waals surface area (Å²) in [4.78, 5) is 24.3. The van der Waals surface area contributed by atoms with Crippen LogP contribution in [0.1, 0.15) is 33.6 Å². The normalized spacial score (nSPS) is 12.6. The Morgan fingerprint density at radius 3 is 2.30 bits per heavy atom. The van der Waals surface area contributed by atoms with Crippen LogP contribution < -0.4 is 16.4 Å². The first-order chi connectivity index (χ1) is 9.35. The Hall–Kier alpha value is -1.21. The third-order valence-corrected chi connectivity index (χ3v) is 3.85. The number of hydrogen-bond donors (Lipinski definition) is 3. The van der Waals surface area contributed by atoms with Crippen molar-refractivity contribution in [3.05, 3.63) is 0 Å². The molecule has 0 aliphatic heterocycles. The van der Waals surface area contributed by atoms with Crippen LogP contribution in [0.3, 0.4) is 0 Å². The fourth-order valence-corrected chi connectivity index (χ4v) is 2.24. The second kappa shape index (κ2) is 8.86. The van der Waals surface area contributed by atoms with Gasteiger partial charge >= 0.3 is 0 Å². The highest BCUT2D eigenvalue weighted by Gasteiger charge is 2.39. The SMILES string of the molecule is CCC(CC)(C(=O)NC(C)C(=O)NCCOC)C(N)=S. The zero-order valence-corrected chi connectivity index (χ0v) is 13.4. The van der Waals surface area contributed by atoms with Crippen molar-refractivity contribution in [2.75, 3.05) is 20.3 Å². The lowest BCUT2D eigenvalue weighted by Crippen LogP contribution is -2.54. The Bertz CT molecular complexity index is 357. The maximum Gasteiger partial charge on any atom is 0.242 e. The van der Waals surface area contributed by atoms with Gasteiger partial charge in [0.15, 0.2) is 0 Å². The van der Waals surface area contributed by atoms with E-state index < -0.39 is 11.5 Å². The summed E-state index contributed by atoms with van der Waals surface area (Å²) in [5.41, 5.74) is 4.80. The fraction of sp³-hybridized carbons (Fsp3) is 0.769. The molecule has 20 heavy (non-hydrogen) atoms. The van der Waals surface area contributed by atoms with Crippen LogP contribution in [-0.2, 0) is 14.3 Å². The molecule has 6 nitrogen and oxygen atoms in total. The summed E-state index contributed by atoms with van der Waals surface area (Å²) in [7, 11) is 1.55. The van der Waals surface area contributed by atoms with Gasteiger partial charge in [0, 0.05) is 13.7 Å². The Morgan fingerprint density at radius 1 is 1.35 bits per heavy atom. The number of hydrogen-bond acceptors (Lipinski definition) is 4. The van der Waals surface area contributed by atoms with Gasteiger partial charge in [-0.2, -0.15) is 0 Å². The van der Waals surface area contributed by atoms with Crippen molar-refractivity contribution in [2.45, 2.75) is 39.7 Å². The van der Waals surface area contributed by atoms with Gasteiger partial charge in [-0.25, -0.2) is 0 Å². The number of carbonyl (C=O) groups is 2. The van der Waals surface area contributed by atoms with Crippen LogP contribution in [0, 0.1) is 5.41 Å². The molecule has 0 radical (unpaired) electrons. The van der Waals surface area contributed by atoms with E-state index in [1.807, 2.05) is 13.8 Å². The molecule has 4 N–H and O–H groups in total. The number of amides is 2. The second-order valence-corrected chi connectivity index (χ2v) is 5.07. The van der Waals surface area contributed by atoms with Gasteiger partial charge in [0.05, 0.1) is 17.0 Å². The summed E-state index contributed by atoms with van der Waals surface area (Å²) < 4.78 is 4.84. The molecule has 0 aliphatic carbocycles. The van der Waals surface area contributed by atoms with Gasteiger partial charge in [-0.15, -0.1) is 0 Å². The average molecular weight is 303 g/mol. The van der Waals surface area contributed by atoms with E-state index in [0.29, 0.717) is 26.0 Å². The van der Waals surface area contributed by atoms with Crippen molar-refractivity contribution >= 4 is 29.0 Å². The fourth-order valence-electron chi connectivity index (χ4n) is 1.86. The highest BCUT2D eigenvalue weighted by atomic mass is 32.1. The molecule has 0 aliphatic rings. The molecule has 0 saturated carbocycles. The standard InChI is InChI=1S/C13H25N3O3S/c1-5-13(6-2,11(14)20)12(18)16-9(3)10(17)15-7-8-19-4/h9H,5-8H2,1-4H3,(H2,14,20)(H,15,17)(H,16,18). The zero-order chi connectivity index (χ0) is 15.8. The molecular weight excluding hydrogens is 278 g/mol. The molecule has 0 heterocycles. The molecular formula is C13H25N3O3S. The molecule has 1 unspecified atom stereocenters. The minimum Gasteiger partial charge on any atom is -0.392 e. The van der Waals surface area contributed by atoms with E-state index in [4.69, 9.17) is 22.7 Å². The lowest BCUT2D eigenvalue weighted by Gasteiger charge is -2.30. The lowest BCUT2D eigenvalue weighted by atomic mass is 9.81. The molecule has 0 aromatic carbocycles. The number of nitrogens with two attached hydrogens (primary N) is 1. The van der Waals surface area contributed by atoms with E-state index in [1.165, 1.54) is 0 Å². The van der Waals surface area contributed by atoms with E-state index in [0.717, 1.165) is 0 Å². The van der Waals surface area contributed by atoms with Gasteiger partial charge < -0.3 is 21.1 Å². The Morgan fingerprint density at radius 2 is 1.90 bits per heavy atom. The number of ether oxygens (including phenoxy) is 1. The maximum absolute atomic E-state index is 12.3. The van der Waals surface area contributed by atoms with Gasteiger partial charge in [-0.3, -0.25) is 9.59 Å². The van der Waals surface area contributed by atoms with Gasteiger partial charge in [-0.05, 0) is 19.8 Å². The number of nitrogens with one attached hydrogen (secondary N) is 2. The van der Waals surface area contributed by atoms with Crippen molar-refractivity contribution in [3.8, 4) is 0 Å². The minimum atomic E-state index is -0.892. The average Bonchev–Trinajstić information content (AvgIpc) is 2.40. The van der Waals surface area contributed by atoms with Crippen molar-refractivity contribution < 1.29 is 14.3 Å². The van der Waals surface area contributed by atoms with Gasteiger partial charge in [0.2, 0.25) is 11.8 Å². The quantitative estimate of drug-likeness (QED) is 0.422. The predicted molar refractivity (Wildman–Crippen MR) is 82.3 cm³/mol. The zero-order valence-electron chi connectivity index (χ0n) is 12.6. The van der Waals surface area contributed by atoms with Crippen LogP contribution >= 0.6 is 12.2 Å². The largest absolute Gasteiger partial charge is 0.392 e. The van der Waals surface area contributed by atoms with Gasteiger partial charge in [-0.1, -0.05) is 26.1 Å². The minimum absolute atomic E-state index is 0.159. The number of methoxy groups -OCH3 is 1. The molecule has 1 atom stereocenters. The highest BCUT2D eigenvalue weighted by molar-refractivity contribution is 7.80. The van der Waals surface area contributed by atoms with E-state index in [-0.39, 0.29) is 16.8 Å². The Kier molecular flexibility index (Phi) is 8.33. The third kappa shape index (κ3) is 4.72. The first-order valence-electron chi connectivity index (χ1n) is 6.73. The molecule has 2 amide bonds. The second-order valence-electron chi connectivity index (χ2n) is 4.63. The topological polar surface area (TPSA) is 93.5 Å². The maximum atomic E-state index is 12.3. The molecule has 0 bridgehead atoms. The third-order valence-electron chi connectivity index (χ3n) is 3.46. The van der Waals surface area contributed by atoms with Crippen LogP contribution in [-0.4, -0.2) is 43.1 Å². The van der Waals surface area contributed by atoms with Crippen LogP contribution in [0.5, 0.6) is 0 Å². The smallest absolute Gasteiger partial charge is 0.242 e. The van der Waals surface area contributed by atoms with Crippen LogP contribution in [0.4, 0.5) is 0 Å². The summed E-state index contributed by atoms with van der Waals surface area (Å²) in [5, 5.41) is 5.33. The van der Waals surface area contributed by atoms with Gasteiger partial charge in [0.25, 0.3) is 0 Å². The number of thiocarbonyl (C=S) groups is 1. The lowest BCUT2D eigenvalue weighted by molar-refractivity contribution is -0.132. The van der Waals surface area contributed by atoms with Crippen molar-refractivity contribution in [3.63, 3.8) is 0 Å². The highest BCUT2D eigenvalue weighted by Crippen LogP contribution is 2.27. The van der Waals surface area contributed by atoms with Crippen molar-refractivity contribution in [1.82, 2.24) is 10.6 Å². The summed E-state index contributed by atoms with van der Waals surface area (Å²) in [6, 6.07) is -0.647. The Balaban J connectivity index is 4.64. The number of rotatable bonds is 9. The summed E-state index contributed by atoms with van der Waals surface area (Å²) in [6.07, 6.45) is 1.01. The first-order valence-corrected chi connectivity index (χ1v) is 7.14. The molecule has 0 aromatic heterocycles. The van der Waals surface area contributed by atoms with Crippen LogP contribution in [0.25, 0.3) is 0 Å². The van der Waals surface area contributed by atoms with E-state index in [1.54, 1.807) is 14.0 Å². The van der Waals surface area contributed by atoms with E-state index >= 15 is 0 Å². The summed E-state index contributed by atoms with van der Waals surface area (Å²) in [6.45, 7) is 6.15. The molecule has 116 valence electrons. The molecule has 7 heteroatoms. The summed E-state index contributed by atoms with van der Waals surface area (Å²) >= 11 is 5.01. The molecule has 0 rings (SSSR count).